The molecule has 0 radical (unpaired) electrons. The van der Waals surface area contributed by atoms with Gasteiger partial charge in [0.25, 0.3) is 0 Å². The molecular weight excluding hydrogens is 386 g/mol. The highest BCUT2D eigenvalue weighted by molar-refractivity contribution is 5.75. The fourth-order valence-corrected chi connectivity index (χ4v) is 3.52. The molecule has 2 rings (SSSR count). The molecule has 31 heavy (non-hydrogen) atoms. The summed E-state index contributed by atoms with van der Waals surface area (Å²) >= 11 is 0. The minimum Gasteiger partial charge on any atom is -0.444 e. The summed E-state index contributed by atoms with van der Waals surface area (Å²) in [4.78, 5) is 17.3. The van der Waals surface area contributed by atoms with Gasteiger partial charge in [-0.25, -0.2) is 4.79 Å². The van der Waals surface area contributed by atoms with Crippen LogP contribution in [0.2, 0.25) is 0 Å². The second-order valence-electron chi connectivity index (χ2n) is 10.3. The standard InChI is InChI=1S/C26H35N3O2/c1-17-9-11-19(12-10-17)23-20(13-14-27)18(2)29-22(15-25(3,4)5)21(23)16-28-24(30)31-26(6,7)8/h9-12H,13,15-16H2,1-8H3,(H,28,30). The molecule has 0 fully saturated rings. The van der Waals surface area contributed by atoms with Crippen molar-refractivity contribution in [2.75, 3.05) is 0 Å². The maximum Gasteiger partial charge on any atom is 0.407 e. The number of pyridine rings is 1. The van der Waals surface area contributed by atoms with Crippen LogP contribution in [0.25, 0.3) is 11.1 Å². The number of nitrogens with one attached hydrogen (secondary N) is 1. The molecule has 0 aliphatic heterocycles. The van der Waals surface area contributed by atoms with Gasteiger partial charge in [0.05, 0.1) is 12.5 Å². The zero-order chi connectivity index (χ0) is 23.4. The number of carbonyl (C=O) groups is 1. The van der Waals surface area contributed by atoms with Crippen molar-refractivity contribution in [3.05, 3.63) is 52.3 Å². The quantitative estimate of drug-likeness (QED) is 0.638. The monoisotopic (exact) mass is 421 g/mol. The van der Waals surface area contributed by atoms with Crippen LogP contribution in [0, 0.1) is 30.6 Å². The van der Waals surface area contributed by atoms with Gasteiger partial charge < -0.3 is 10.1 Å². The molecule has 0 unspecified atom stereocenters. The van der Waals surface area contributed by atoms with Crippen molar-refractivity contribution in [1.29, 1.82) is 5.26 Å². The Morgan fingerprint density at radius 3 is 2.19 bits per heavy atom. The van der Waals surface area contributed by atoms with Crippen molar-refractivity contribution in [2.24, 2.45) is 5.41 Å². The van der Waals surface area contributed by atoms with Gasteiger partial charge in [-0.05, 0) is 63.1 Å². The van der Waals surface area contributed by atoms with Crippen molar-refractivity contribution in [3.8, 4) is 17.2 Å². The molecule has 0 aliphatic carbocycles. The predicted octanol–water partition coefficient (Wildman–Crippen LogP) is 6.04. The topological polar surface area (TPSA) is 75.0 Å². The maximum atomic E-state index is 12.4. The third kappa shape index (κ3) is 7.10. The lowest BCUT2D eigenvalue weighted by Gasteiger charge is -2.25. The predicted molar refractivity (Wildman–Crippen MR) is 125 cm³/mol. The molecule has 1 aromatic carbocycles. The fraction of sp³-hybridized carbons (Fsp3) is 0.500. The second kappa shape index (κ2) is 9.51. The van der Waals surface area contributed by atoms with Crippen LogP contribution >= 0.6 is 0 Å². The summed E-state index contributed by atoms with van der Waals surface area (Å²) in [7, 11) is 0. The summed E-state index contributed by atoms with van der Waals surface area (Å²) in [6, 6.07) is 10.6. The van der Waals surface area contributed by atoms with Gasteiger partial charge in [0, 0.05) is 23.5 Å². The molecule has 1 heterocycles. The molecule has 1 amide bonds. The molecule has 0 saturated carbocycles. The van der Waals surface area contributed by atoms with Crippen LogP contribution in [0.1, 0.15) is 69.6 Å². The Morgan fingerprint density at radius 2 is 1.68 bits per heavy atom. The van der Waals surface area contributed by atoms with E-state index in [4.69, 9.17) is 9.72 Å². The van der Waals surface area contributed by atoms with Crippen LogP contribution in [-0.4, -0.2) is 16.7 Å². The van der Waals surface area contributed by atoms with Gasteiger partial charge in [0.15, 0.2) is 0 Å². The van der Waals surface area contributed by atoms with Crippen LogP contribution in [0.3, 0.4) is 0 Å². The van der Waals surface area contributed by atoms with Crippen LogP contribution in [0.5, 0.6) is 0 Å². The SMILES string of the molecule is Cc1ccc(-c2c(CC#N)c(C)nc(CC(C)(C)C)c2CNC(=O)OC(C)(C)C)cc1. The van der Waals surface area contributed by atoms with Crippen molar-refractivity contribution in [3.63, 3.8) is 0 Å². The Hall–Kier alpha value is -2.87. The summed E-state index contributed by atoms with van der Waals surface area (Å²) in [6.45, 7) is 16.3. The first-order valence-corrected chi connectivity index (χ1v) is 10.7. The molecule has 1 N–H and O–H groups in total. The molecule has 0 bridgehead atoms. The number of aryl methyl sites for hydroxylation is 2. The summed E-state index contributed by atoms with van der Waals surface area (Å²) in [5, 5.41) is 12.4. The number of hydrogen-bond acceptors (Lipinski definition) is 4. The number of hydrogen-bond donors (Lipinski definition) is 1. The Kier molecular flexibility index (Phi) is 7.49. The highest BCUT2D eigenvalue weighted by Crippen LogP contribution is 2.34. The van der Waals surface area contributed by atoms with Crippen molar-refractivity contribution in [1.82, 2.24) is 10.3 Å². The number of rotatable bonds is 5. The van der Waals surface area contributed by atoms with E-state index in [-0.39, 0.29) is 18.4 Å². The molecule has 0 aliphatic rings. The lowest BCUT2D eigenvalue weighted by Crippen LogP contribution is -2.33. The summed E-state index contributed by atoms with van der Waals surface area (Å²) < 4.78 is 5.44. The molecule has 5 heteroatoms. The van der Waals surface area contributed by atoms with E-state index in [0.717, 1.165) is 40.1 Å². The summed E-state index contributed by atoms with van der Waals surface area (Å²) in [5.41, 5.74) is 6.28. The van der Waals surface area contributed by atoms with E-state index in [1.807, 2.05) is 34.6 Å². The van der Waals surface area contributed by atoms with E-state index in [1.54, 1.807) is 0 Å². The minimum atomic E-state index is -0.574. The first-order valence-electron chi connectivity index (χ1n) is 10.7. The lowest BCUT2D eigenvalue weighted by molar-refractivity contribution is 0.0523. The van der Waals surface area contributed by atoms with E-state index in [9.17, 15) is 10.1 Å². The molecule has 1 aromatic heterocycles. The molecular formula is C26H35N3O2. The van der Waals surface area contributed by atoms with Crippen LogP contribution < -0.4 is 5.32 Å². The van der Waals surface area contributed by atoms with E-state index < -0.39 is 11.7 Å². The molecule has 5 nitrogen and oxygen atoms in total. The number of ether oxygens (including phenoxy) is 1. The van der Waals surface area contributed by atoms with Crippen LogP contribution in [0.15, 0.2) is 24.3 Å². The first kappa shape index (κ1) is 24.4. The minimum absolute atomic E-state index is 0.0153. The average Bonchev–Trinajstić information content (AvgIpc) is 2.61. The van der Waals surface area contributed by atoms with E-state index in [0.29, 0.717) is 0 Å². The van der Waals surface area contributed by atoms with Gasteiger partial charge in [-0.1, -0.05) is 50.6 Å². The van der Waals surface area contributed by atoms with Gasteiger partial charge in [-0.15, -0.1) is 0 Å². The second-order valence-corrected chi connectivity index (χ2v) is 10.3. The van der Waals surface area contributed by atoms with E-state index in [2.05, 4.69) is 56.4 Å². The van der Waals surface area contributed by atoms with Crippen molar-refractivity contribution < 1.29 is 9.53 Å². The zero-order valence-electron chi connectivity index (χ0n) is 20.1. The molecule has 0 saturated heterocycles. The van der Waals surface area contributed by atoms with Gasteiger partial charge in [0.2, 0.25) is 0 Å². The fourth-order valence-electron chi connectivity index (χ4n) is 3.52. The molecule has 166 valence electrons. The van der Waals surface area contributed by atoms with Gasteiger partial charge >= 0.3 is 6.09 Å². The van der Waals surface area contributed by atoms with E-state index >= 15 is 0 Å². The highest BCUT2D eigenvalue weighted by atomic mass is 16.6. The molecule has 2 aromatic rings. The Bertz CT molecular complexity index is 972. The van der Waals surface area contributed by atoms with Crippen LogP contribution in [0.4, 0.5) is 4.79 Å². The summed E-state index contributed by atoms with van der Waals surface area (Å²) in [5.74, 6) is 0. The van der Waals surface area contributed by atoms with Crippen molar-refractivity contribution in [2.45, 2.75) is 80.4 Å². The Morgan fingerprint density at radius 1 is 1.06 bits per heavy atom. The molecule has 0 atom stereocenters. The van der Waals surface area contributed by atoms with Gasteiger partial charge in [0.1, 0.15) is 5.60 Å². The normalized spacial score (nSPS) is 11.7. The number of amides is 1. The number of alkyl carbamates (subject to hydrolysis) is 1. The lowest BCUT2D eigenvalue weighted by atomic mass is 9.84. The van der Waals surface area contributed by atoms with Crippen LogP contribution in [-0.2, 0) is 24.1 Å². The van der Waals surface area contributed by atoms with E-state index in [1.165, 1.54) is 5.56 Å². The van der Waals surface area contributed by atoms with Crippen molar-refractivity contribution >= 4 is 6.09 Å². The number of carbonyl (C=O) groups excluding carboxylic acids is 1. The van der Waals surface area contributed by atoms with Gasteiger partial charge in [-0.3, -0.25) is 4.98 Å². The molecule has 0 spiro atoms. The summed E-state index contributed by atoms with van der Waals surface area (Å²) in [6.07, 6.45) is 0.550. The Balaban J connectivity index is 2.65. The number of benzene rings is 1. The first-order chi connectivity index (χ1) is 14.3. The Labute approximate surface area is 186 Å². The highest BCUT2D eigenvalue weighted by Gasteiger charge is 2.24. The number of aromatic nitrogens is 1. The number of nitrogens with zero attached hydrogens (tertiary/aromatic N) is 2. The third-order valence-corrected chi connectivity index (χ3v) is 4.79. The van der Waals surface area contributed by atoms with Gasteiger partial charge in [-0.2, -0.15) is 5.26 Å². The zero-order valence-corrected chi connectivity index (χ0v) is 20.1. The average molecular weight is 422 g/mol. The number of nitriles is 1. The smallest absolute Gasteiger partial charge is 0.407 e. The maximum absolute atomic E-state index is 12.4. The largest absolute Gasteiger partial charge is 0.444 e. The third-order valence-electron chi connectivity index (χ3n) is 4.79.